The molecule has 1 saturated carbocycles. The average molecular weight is 367 g/mol. The van der Waals surface area contributed by atoms with E-state index in [1.165, 1.54) is 0 Å². The summed E-state index contributed by atoms with van der Waals surface area (Å²) in [6.07, 6.45) is 1.26. The minimum Gasteiger partial charge on any atom is -0.378 e. The van der Waals surface area contributed by atoms with E-state index in [4.69, 9.17) is 4.74 Å². The number of aryl methyl sites for hydroxylation is 1. The Balaban J connectivity index is 1.70. The number of morpholine rings is 1. The van der Waals surface area contributed by atoms with E-state index < -0.39 is 5.41 Å². The smallest absolute Gasteiger partial charge is 0.240 e. The predicted octanol–water partition coefficient (Wildman–Crippen LogP) is 2.34. The van der Waals surface area contributed by atoms with Crippen molar-refractivity contribution < 1.29 is 14.3 Å². The van der Waals surface area contributed by atoms with Crippen LogP contribution >= 0.6 is 15.9 Å². The lowest BCUT2D eigenvalue weighted by atomic mass is 10.0. The van der Waals surface area contributed by atoms with Crippen LogP contribution in [-0.4, -0.2) is 43.0 Å². The minimum atomic E-state index is -0.863. The molecule has 0 atom stereocenters. The number of benzene rings is 1. The quantitative estimate of drug-likeness (QED) is 0.835. The number of amides is 2. The van der Waals surface area contributed by atoms with Crippen molar-refractivity contribution >= 4 is 33.4 Å². The highest BCUT2D eigenvalue weighted by Crippen LogP contribution is 2.48. The summed E-state index contributed by atoms with van der Waals surface area (Å²) in [4.78, 5) is 27.0. The summed E-state index contributed by atoms with van der Waals surface area (Å²) in [6.45, 7) is 4.21. The summed E-state index contributed by atoms with van der Waals surface area (Å²) in [6, 6.07) is 5.63. The summed E-state index contributed by atoms with van der Waals surface area (Å²) >= 11 is 3.44. The van der Waals surface area contributed by atoms with Crippen LogP contribution in [0.15, 0.2) is 22.7 Å². The van der Waals surface area contributed by atoms with E-state index in [9.17, 15) is 9.59 Å². The van der Waals surface area contributed by atoms with Crippen molar-refractivity contribution in [1.29, 1.82) is 0 Å². The van der Waals surface area contributed by atoms with Crippen LogP contribution in [0.25, 0.3) is 0 Å². The zero-order valence-electron chi connectivity index (χ0n) is 12.5. The van der Waals surface area contributed by atoms with Gasteiger partial charge in [-0.05, 0) is 43.5 Å². The number of anilines is 1. The van der Waals surface area contributed by atoms with Crippen molar-refractivity contribution in [2.75, 3.05) is 31.6 Å². The van der Waals surface area contributed by atoms with Crippen LogP contribution in [0.4, 0.5) is 5.69 Å². The Morgan fingerprint density at radius 2 is 1.95 bits per heavy atom. The summed E-state index contributed by atoms with van der Waals surface area (Å²) in [7, 11) is 0. The molecule has 1 aliphatic heterocycles. The Labute approximate surface area is 138 Å². The molecule has 118 valence electrons. The number of rotatable bonds is 3. The monoisotopic (exact) mass is 366 g/mol. The Morgan fingerprint density at radius 3 is 2.55 bits per heavy atom. The topological polar surface area (TPSA) is 58.6 Å². The van der Waals surface area contributed by atoms with Crippen molar-refractivity contribution in [3.05, 3.63) is 28.2 Å². The summed E-state index contributed by atoms with van der Waals surface area (Å²) < 4.78 is 6.26. The largest absolute Gasteiger partial charge is 0.378 e. The third-order valence-corrected chi connectivity index (χ3v) is 5.20. The standard InChI is InChI=1S/C16H19BrN2O3/c1-11-10-12(2-3-13(11)17)18-14(20)16(4-5-16)15(21)19-6-8-22-9-7-19/h2-3,10H,4-9H2,1H3,(H,18,20). The molecule has 1 aliphatic carbocycles. The van der Waals surface area contributed by atoms with Gasteiger partial charge in [-0.1, -0.05) is 15.9 Å². The maximum absolute atomic E-state index is 12.6. The second-order valence-electron chi connectivity index (χ2n) is 5.90. The van der Waals surface area contributed by atoms with Crippen molar-refractivity contribution in [3.8, 4) is 0 Å². The van der Waals surface area contributed by atoms with Gasteiger partial charge in [0.2, 0.25) is 11.8 Å². The molecule has 1 aromatic rings. The lowest BCUT2D eigenvalue weighted by molar-refractivity contribution is -0.145. The highest BCUT2D eigenvalue weighted by atomic mass is 79.9. The molecule has 2 amide bonds. The van der Waals surface area contributed by atoms with Crippen LogP contribution in [0, 0.1) is 12.3 Å². The van der Waals surface area contributed by atoms with Crippen molar-refractivity contribution in [2.45, 2.75) is 19.8 Å². The molecule has 6 heteroatoms. The van der Waals surface area contributed by atoms with Crippen LogP contribution in [0.1, 0.15) is 18.4 Å². The van der Waals surface area contributed by atoms with Gasteiger partial charge < -0.3 is 15.0 Å². The first-order valence-corrected chi connectivity index (χ1v) is 8.27. The van der Waals surface area contributed by atoms with Crippen molar-refractivity contribution in [2.24, 2.45) is 5.41 Å². The molecule has 0 spiro atoms. The van der Waals surface area contributed by atoms with E-state index in [1.54, 1.807) is 4.90 Å². The second kappa shape index (κ2) is 6.01. The van der Waals surface area contributed by atoms with Gasteiger partial charge in [-0.25, -0.2) is 0 Å². The van der Waals surface area contributed by atoms with Crippen molar-refractivity contribution in [1.82, 2.24) is 4.90 Å². The van der Waals surface area contributed by atoms with Gasteiger partial charge in [0.05, 0.1) is 13.2 Å². The van der Waals surface area contributed by atoms with Crippen LogP contribution in [0.5, 0.6) is 0 Å². The number of ether oxygens (including phenoxy) is 1. The Morgan fingerprint density at radius 1 is 1.27 bits per heavy atom. The molecule has 1 saturated heterocycles. The van der Waals surface area contributed by atoms with Crippen LogP contribution in [0.3, 0.4) is 0 Å². The summed E-state index contributed by atoms with van der Waals surface area (Å²) in [5.41, 5.74) is 0.909. The zero-order valence-corrected chi connectivity index (χ0v) is 14.1. The molecule has 1 aromatic carbocycles. The molecular formula is C16H19BrN2O3. The van der Waals surface area contributed by atoms with Gasteiger partial charge in [-0.2, -0.15) is 0 Å². The molecule has 2 fully saturated rings. The normalized spacial score (nSPS) is 19.6. The van der Waals surface area contributed by atoms with Gasteiger partial charge in [0.25, 0.3) is 0 Å². The average Bonchev–Trinajstić information content (AvgIpc) is 3.33. The number of nitrogens with zero attached hydrogens (tertiary/aromatic N) is 1. The van der Waals surface area contributed by atoms with Gasteiger partial charge in [0.15, 0.2) is 0 Å². The predicted molar refractivity (Wildman–Crippen MR) is 86.6 cm³/mol. The fourth-order valence-electron chi connectivity index (χ4n) is 2.71. The van der Waals surface area contributed by atoms with E-state index in [2.05, 4.69) is 21.2 Å². The molecular weight excluding hydrogens is 348 g/mol. The first kappa shape index (κ1) is 15.5. The van der Waals surface area contributed by atoms with E-state index in [-0.39, 0.29) is 11.8 Å². The van der Waals surface area contributed by atoms with Gasteiger partial charge >= 0.3 is 0 Å². The zero-order chi connectivity index (χ0) is 15.7. The molecule has 3 rings (SSSR count). The maximum atomic E-state index is 12.6. The fourth-order valence-corrected chi connectivity index (χ4v) is 2.95. The highest BCUT2D eigenvalue weighted by molar-refractivity contribution is 9.10. The van der Waals surface area contributed by atoms with Crippen molar-refractivity contribution in [3.63, 3.8) is 0 Å². The fraction of sp³-hybridized carbons (Fsp3) is 0.500. The van der Waals surface area contributed by atoms with E-state index in [1.807, 2.05) is 25.1 Å². The number of carbonyl (C=O) groups is 2. The second-order valence-corrected chi connectivity index (χ2v) is 6.76. The molecule has 0 aromatic heterocycles. The Hall–Kier alpha value is -1.40. The molecule has 5 nitrogen and oxygen atoms in total. The lowest BCUT2D eigenvalue weighted by Gasteiger charge is -2.30. The highest BCUT2D eigenvalue weighted by Gasteiger charge is 2.58. The third-order valence-electron chi connectivity index (χ3n) is 4.31. The lowest BCUT2D eigenvalue weighted by Crippen LogP contribution is -2.47. The first-order chi connectivity index (χ1) is 10.5. The van der Waals surface area contributed by atoms with Gasteiger partial charge in [-0.3, -0.25) is 9.59 Å². The Kier molecular flexibility index (Phi) is 4.23. The van der Waals surface area contributed by atoms with Crippen LogP contribution < -0.4 is 5.32 Å². The number of halogens is 1. The number of hydrogen-bond acceptors (Lipinski definition) is 3. The number of nitrogens with one attached hydrogen (secondary N) is 1. The number of hydrogen-bond donors (Lipinski definition) is 1. The third kappa shape index (κ3) is 2.90. The van der Waals surface area contributed by atoms with E-state index in [0.29, 0.717) is 39.1 Å². The summed E-state index contributed by atoms with van der Waals surface area (Å²) in [5.74, 6) is -0.243. The van der Waals surface area contributed by atoms with Gasteiger partial charge in [0, 0.05) is 23.2 Å². The summed E-state index contributed by atoms with van der Waals surface area (Å²) in [5, 5.41) is 2.89. The maximum Gasteiger partial charge on any atom is 0.240 e. The number of carbonyl (C=O) groups excluding carboxylic acids is 2. The van der Waals surface area contributed by atoms with Gasteiger partial charge in [0.1, 0.15) is 5.41 Å². The van der Waals surface area contributed by atoms with E-state index >= 15 is 0 Å². The molecule has 0 unspecified atom stereocenters. The SMILES string of the molecule is Cc1cc(NC(=O)C2(C(=O)N3CCOCC3)CC2)ccc1Br. The minimum absolute atomic E-state index is 0.0536. The molecule has 0 bridgehead atoms. The molecule has 2 aliphatic rings. The molecule has 1 heterocycles. The van der Waals surface area contributed by atoms with Crippen LogP contribution in [-0.2, 0) is 14.3 Å². The molecule has 22 heavy (non-hydrogen) atoms. The first-order valence-electron chi connectivity index (χ1n) is 7.48. The van der Waals surface area contributed by atoms with E-state index in [0.717, 1.165) is 15.7 Å². The van der Waals surface area contributed by atoms with Crippen LogP contribution in [0.2, 0.25) is 0 Å². The molecule has 1 N–H and O–H groups in total. The van der Waals surface area contributed by atoms with Gasteiger partial charge in [-0.15, -0.1) is 0 Å². The Bertz CT molecular complexity index is 607. The molecule has 0 radical (unpaired) electrons.